The van der Waals surface area contributed by atoms with E-state index in [0.717, 1.165) is 19.3 Å². The van der Waals surface area contributed by atoms with Gasteiger partial charge in [-0.2, -0.15) is 0 Å². The van der Waals surface area contributed by atoms with Crippen LogP contribution in [0.5, 0.6) is 0 Å². The lowest BCUT2D eigenvalue weighted by atomic mass is 9.91. The summed E-state index contributed by atoms with van der Waals surface area (Å²) in [5.41, 5.74) is 0.284. The Morgan fingerprint density at radius 3 is 2.42 bits per heavy atom. The standard InChI is InChI=1S/C15H26N2O2/c1-9(2)12-14(19)17(10(3)13(18)16-12)11-6-7-15(4,5)8-11/h9-12H,6-8H2,1-5H3,(H,16,18). The Morgan fingerprint density at radius 1 is 1.32 bits per heavy atom. The molecule has 4 nitrogen and oxygen atoms in total. The van der Waals surface area contributed by atoms with Crippen LogP contribution in [0.4, 0.5) is 0 Å². The first kappa shape index (κ1) is 14.4. The van der Waals surface area contributed by atoms with E-state index in [0.29, 0.717) is 0 Å². The molecule has 0 bridgehead atoms. The first-order valence-corrected chi connectivity index (χ1v) is 7.35. The van der Waals surface area contributed by atoms with Crippen molar-refractivity contribution in [1.82, 2.24) is 10.2 Å². The average molecular weight is 266 g/mol. The topological polar surface area (TPSA) is 49.4 Å². The van der Waals surface area contributed by atoms with Crippen molar-refractivity contribution < 1.29 is 9.59 Å². The minimum Gasteiger partial charge on any atom is -0.342 e. The molecule has 1 aliphatic heterocycles. The first-order valence-electron chi connectivity index (χ1n) is 7.35. The molecule has 1 N–H and O–H groups in total. The van der Waals surface area contributed by atoms with Gasteiger partial charge in [0, 0.05) is 6.04 Å². The fraction of sp³-hybridized carbons (Fsp3) is 0.867. The lowest BCUT2D eigenvalue weighted by molar-refractivity contribution is -0.152. The van der Waals surface area contributed by atoms with Gasteiger partial charge < -0.3 is 10.2 Å². The number of hydrogen-bond donors (Lipinski definition) is 1. The van der Waals surface area contributed by atoms with Crippen LogP contribution in [0.15, 0.2) is 0 Å². The fourth-order valence-electron chi connectivity index (χ4n) is 3.40. The number of rotatable bonds is 2. The molecule has 2 fully saturated rings. The molecule has 1 saturated carbocycles. The average Bonchev–Trinajstić information content (AvgIpc) is 2.64. The van der Waals surface area contributed by atoms with Gasteiger partial charge in [-0.1, -0.05) is 27.7 Å². The van der Waals surface area contributed by atoms with Crippen LogP contribution < -0.4 is 5.32 Å². The van der Waals surface area contributed by atoms with Crippen LogP contribution in [0, 0.1) is 11.3 Å². The Kier molecular flexibility index (Phi) is 3.63. The summed E-state index contributed by atoms with van der Waals surface area (Å²) >= 11 is 0. The third-order valence-corrected chi connectivity index (χ3v) is 4.62. The van der Waals surface area contributed by atoms with E-state index in [4.69, 9.17) is 0 Å². The molecule has 108 valence electrons. The summed E-state index contributed by atoms with van der Waals surface area (Å²) < 4.78 is 0. The highest BCUT2D eigenvalue weighted by atomic mass is 16.2. The maximum atomic E-state index is 12.6. The number of carbonyl (C=O) groups is 2. The zero-order valence-electron chi connectivity index (χ0n) is 12.7. The van der Waals surface area contributed by atoms with Crippen molar-refractivity contribution in [1.29, 1.82) is 0 Å². The molecule has 0 aromatic rings. The third kappa shape index (κ3) is 2.63. The largest absolute Gasteiger partial charge is 0.342 e. The predicted octanol–water partition coefficient (Wildman–Crippen LogP) is 1.94. The van der Waals surface area contributed by atoms with E-state index in [9.17, 15) is 9.59 Å². The van der Waals surface area contributed by atoms with E-state index in [1.54, 1.807) is 0 Å². The number of piperazine rings is 1. The van der Waals surface area contributed by atoms with Crippen LogP contribution in [-0.2, 0) is 9.59 Å². The number of carbonyl (C=O) groups excluding carboxylic acids is 2. The summed E-state index contributed by atoms with van der Waals surface area (Å²) in [5.74, 6) is 0.230. The second kappa shape index (κ2) is 4.80. The molecule has 19 heavy (non-hydrogen) atoms. The van der Waals surface area contributed by atoms with E-state index >= 15 is 0 Å². The Morgan fingerprint density at radius 2 is 1.95 bits per heavy atom. The van der Waals surface area contributed by atoms with Crippen LogP contribution in [0.25, 0.3) is 0 Å². The van der Waals surface area contributed by atoms with E-state index in [-0.39, 0.29) is 41.3 Å². The van der Waals surface area contributed by atoms with Crippen molar-refractivity contribution in [2.75, 3.05) is 0 Å². The minimum absolute atomic E-state index is 0.0111. The maximum absolute atomic E-state index is 12.6. The van der Waals surface area contributed by atoms with Gasteiger partial charge in [0.25, 0.3) is 0 Å². The highest BCUT2D eigenvalue weighted by Crippen LogP contribution is 2.40. The summed E-state index contributed by atoms with van der Waals surface area (Å²) in [6, 6.07) is -0.460. The van der Waals surface area contributed by atoms with Crippen LogP contribution in [0.2, 0.25) is 0 Å². The van der Waals surface area contributed by atoms with Crippen molar-refractivity contribution >= 4 is 11.8 Å². The van der Waals surface area contributed by atoms with Gasteiger partial charge in [-0.05, 0) is 37.5 Å². The van der Waals surface area contributed by atoms with Crippen molar-refractivity contribution in [2.24, 2.45) is 11.3 Å². The lowest BCUT2D eigenvalue weighted by Gasteiger charge is -2.42. The van der Waals surface area contributed by atoms with E-state index in [1.807, 2.05) is 25.7 Å². The van der Waals surface area contributed by atoms with E-state index in [1.165, 1.54) is 0 Å². The molecule has 2 aliphatic rings. The quantitative estimate of drug-likeness (QED) is 0.830. The van der Waals surface area contributed by atoms with E-state index < -0.39 is 0 Å². The predicted molar refractivity (Wildman–Crippen MR) is 74.5 cm³/mol. The monoisotopic (exact) mass is 266 g/mol. The smallest absolute Gasteiger partial charge is 0.246 e. The number of hydrogen-bond acceptors (Lipinski definition) is 2. The molecule has 0 aromatic heterocycles. The van der Waals surface area contributed by atoms with Gasteiger partial charge in [0.15, 0.2) is 0 Å². The van der Waals surface area contributed by atoms with Gasteiger partial charge in [0.1, 0.15) is 12.1 Å². The van der Waals surface area contributed by atoms with Gasteiger partial charge in [-0.3, -0.25) is 9.59 Å². The Balaban J connectivity index is 2.21. The highest BCUT2D eigenvalue weighted by molar-refractivity contribution is 5.97. The molecule has 0 aromatic carbocycles. The van der Waals surface area contributed by atoms with Crippen molar-refractivity contribution in [3.63, 3.8) is 0 Å². The van der Waals surface area contributed by atoms with Crippen LogP contribution in [-0.4, -0.2) is 34.8 Å². The zero-order valence-corrected chi connectivity index (χ0v) is 12.7. The number of nitrogens with one attached hydrogen (secondary N) is 1. The number of amides is 2. The first-order chi connectivity index (χ1) is 8.73. The summed E-state index contributed by atoms with van der Waals surface area (Å²) in [5, 5.41) is 2.86. The van der Waals surface area contributed by atoms with Crippen molar-refractivity contribution in [3.05, 3.63) is 0 Å². The molecule has 1 heterocycles. The Bertz CT molecular complexity index is 390. The molecule has 4 heteroatoms. The molecule has 0 spiro atoms. The molecule has 3 atom stereocenters. The SMILES string of the molecule is CC(C)C1NC(=O)C(C)N(C2CCC(C)(C)C2)C1=O. The molecular formula is C15H26N2O2. The molecule has 0 radical (unpaired) electrons. The second-order valence-electron chi connectivity index (χ2n) is 7.21. The molecule has 2 rings (SSSR count). The van der Waals surface area contributed by atoms with Crippen LogP contribution >= 0.6 is 0 Å². The lowest BCUT2D eigenvalue weighted by Crippen LogP contribution is -2.65. The van der Waals surface area contributed by atoms with Crippen LogP contribution in [0.1, 0.15) is 53.9 Å². The zero-order chi connectivity index (χ0) is 14.4. The summed E-state index contributed by atoms with van der Waals surface area (Å²) in [6.07, 6.45) is 3.14. The maximum Gasteiger partial charge on any atom is 0.246 e. The molecule has 3 unspecified atom stereocenters. The summed E-state index contributed by atoms with van der Waals surface area (Å²) in [7, 11) is 0. The molecule has 2 amide bonds. The third-order valence-electron chi connectivity index (χ3n) is 4.62. The molecular weight excluding hydrogens is 240 g/mol. The minimum atomic E-state index is -0.354. The van der Waals surface area contributed by atoms with Crippen LogP contribution in [0.3, 0.4) is 0 Å². The van der Waals surface area contributed by atoms with Gasteiger partial charge in [0.05, 0.1) is 0 Å². The van der Waals surface area contributed by atoms with Gasteiger partial charge in [-0.15, -0.1) is 0 Å². The summed E-state index contributed by atoms with van der Waals surface area (Å²) in [4.78, 5) is 26.6. The fourth-order valence-corrected chi connectivity index (χ4v) is 3.40. The van der Waals surface area contributed by atoms with E-state index in [2.05, 4.69) is 19.2 Å². The van der Waals surface area contributed by atoms with Crippen molar-refractivity contribution in [2.45, 2.75) is 72.0 Å². The molecule has 1 aliphatic carbocycles. The normalized spacial score (nSPS) is 34.8. The van der Waals surface area contributed by atoms with Gasteiger partial charge in [-0.25, -0.2) is 0 Å². The van der Waals surface area contributed by atoms with Crippen molar-refractivity contribution in [3.8, 4) is 0 Å². The summed E-state index contributed by atoms with van der Waals surface area (Å²) in [6.45, 7) is 10.3. The Labute approximate surface area is 115 Å². The highest BCUT2D eigenvalue weighted by Gasteiger charge is 2.45. The van der Waals surface area contributed by atoms with Gasteiger partial charge in [0.2, 0.25) is 11.8 Å². The molecule has 1 saturated heterocycles. The second-order valence-corrected chi connectivity index (χ2v) is 7.21. The van der Waals surface area contributed by atoms with Gasteiger partial charge >= 0.3 is 0 Å². The Hall–Kier alpha value is -1.06. The number of nitrogens with zero attached hydrogens (tertiary/aromatic N) is 1.